The van der Waals surface area contributed by atoms with Crippen LogP contribution in [0.3, 0.4) is 0 Å². The molecule has 0 saturated carbocycles. The van der Waals surface area contributed by atoms with Crippen LogP contribution in [0.15, 0.2) is 18.3 Å². The highest BCUT2D eigenvalue weighted by molar-refractivity contribution is 6.22. The van der Waals surface area contributed by atoms with Gasteiger partial charge in [0.05, 0.1) is 24.0 Å². The van der Waals surface area contributed by atoms with Crippen LogP contribution >= 0.6 is 0 Å². The molecule has 4 atom stereocenters. The summed E-state index contributed by atoms with van der Waals surface area (Å²) >= 11 is 0. The lowest BCUT2D eigenvalue weighted by atomic mass is 9.81. The molecule has 2 bridgehead atoms. The number of fused-ring (bicyclic) bond motifs is 5. The van der Waals surface area contributed by atoms with E-state index < -0.39 is 0 Å². The quantitative estimate of drug-likeness (QED) is 0.707. The molecule has 0 unspecified atom stereocenters. The number of carbonyl (C=O) groups excluding carboxylic acids is 2. The van der Waals surface area contributed by atoms with Gasteiger partial charge in [-0.2, -0.15) is 0 Å². The Bertz CT molecular complexity index is 541. The van der Waals surface area contributed by atoms with E-state index in [0.717, 1.165) is 18.4 Å². The van der Waals surface area contributed by atoms with Gasteiger partial charge in [-0.1, -0.05) is 6.07 Å². The first-order valence-corrected chi connectivity index (χ1v) is 6.63. The number of nitrogens with zero attached hydrogens (tertiary/aromatic N) is 2. The molecule has 3 saturated heterocycles. The molecule has 4 heterocycles. The third kappa shape index (κ3) is 1.36. The SMILES string of the molecule is Cc1ccc(N2C(=O)[C@@H]3[C@H](C2=O)[C@H]2CC[C@@H]3O2)nc1. The Labute approximate surface area is 110 Å². The van der Waals surface area contributed by atoms with Gasteiger partial charge < -0.3 is 4.74 Å². The van der Waals surface area contributed by atoms with Crippen molar-refractivity contribution in [3.05, 3.63) is 23.9 Å². The van der Waals surface area contributed by atoms with Crippen LogP contribution in [0.5, 0.6) is 0 Å². The number of ether oxygens (including phenoxy) is 1. The number of rotatable bonds is 1. The van der Waals surface area contributed by atoms with Crippen molar-refractivity contribution in [2.45, 2.75) is 32.0 Å². The second-order valence-corrected chi connectivity index (χ2v) is 5.55. The first kappa shape index (κ1) is 11.1. The van der Waals surface area contributed by atoms with E-state index in [2.05, 4.69) is 4.98 Å². The van der Waals surface area contributed by atoms with E-state index in [0.29, 0.717) is 5.82 Å². The van der Waals surface area contributed by atoms with Crippen molar-refractivity contribution in [3.63, 3.8) is 0 Å². The van der Waals surface area contributed by atoms with Gasteiger partial charge in [0, 0.05) is 6.20 Å². The maximum atomic E-state index is 12.5. The number of aromatic nitrogens is 1. The summed E-state index contributed by atoms with van der Waals surface area (Å²) < 4.78 is 5.69. The smallest absolute Gasteiger partial charge is 0.241 e. The highest BCUT2D eigenvalue weighted by Crippen LogP contribution is 2.49. The maximum absolute atomic E-state index is 12.5. The van der Waals surface area contributed by atoms with Crippen molar-refractivity contribution >= 4 is 17.6 Å². The van der Waals surface area contributed by atoms with E-state index in [9.17, 15) is 9.59 Å². The number of imide groups is 1. The van der Waals surface area contributed by atoms with Gasteiger partial charge in [-0.25, -0.2) is 9.88 Å². The molecule has 3 aliphatic rings. The van der Waals surface area contributed by atoms with Gasteiger partial charge in [-0.3, -0.25) is 9.59 Å². The van der Waals surface area contributed by atoms with Crippen molar-refractivity contribution in [1.82, 2.24) is 4.98 Å². The number of hydrogen-bond acceptors (Lipinski definition) is 4. The van der Waals surface area contributed by atoms with Gasteiger partial charge in [0.2, 0.25) is 11.8 Å². The second-order valence-electron chi connectivity index (χ2n) is 5.55. The molecule has 4 rings (SSSR count). The average molecular weight is 258 g/mol. The van der Waals surface area contributed by atoms with Crippen LogP contribution in [0.2, 0.25) is 0 Å². The molecule has 3 aliphatic heterocycles. The van der Waals surface area contributed by atoms with Gasteiger partial charge in [0.25, 0.3) is 0 Å². The first-order chi connectivity index (χ1) is 9.16. The van der Waals surface area contributed by atoms with Gasteiger partial charge >= 0.3 is 0 Å². The molecule has 1 aromatic heterocycles. The van der Waals surface area contributed by atoms with Crippen LogP contribution < -0.4 is 4.90 Å². The third-order valence-electron chi connectivity index (χ3n) is 4.41. The fourth-order valence-electron chi connectivity index (χ4n) is 3.53. The Hall–Kier alpha value is -1.75. The average Bonchev–Trinajstić information content (AvgIpc) is 3.06. The number of anilines is 1. The van der Waals surface area contributed by atoms with Crippen LogP contribution in [0.1, 0.15) is 18.4 Å². The van der Waals surface area contributed by atoms with Crippen LogP contribution in [-0.2, 0) is 14.3 Å². The molecule has 0 spiro atoms. The van der Waals surface area contributed by atoms with Crippen LogP contribution in [0.25, 0.3) is 0 Å². The zero-order valence-corrected chi connectivity index (χ0v) is 10.6. The van der Waals surface area contributed by atoms with E-state index >= 15 is 0 Å². The number of pyridine rings is 1. The maximum Gasteiger partial charge on any atom is 0.241 e. The molecule has 1 aromatic rings. The van der Waals surface area contributed by atoms with Gasteiger partial charge in [0.1, 0.15) is 5.82 Å². The van der Waals surface area contributed by atoms with Crippen LogP contribution in [0, 0.1) is 18.8 Å². The van der Waals surface area contributed by atoms with Crippen molar-refractivity contribution in [2.75, 3.05) is 4.90 Å². The van der Waals surface area contributed by atoms with Gasteiger partial charge in [0.15, 0.2) is 0 Å². The van der Waals surface area contributed by atoms with Crippen molar-refractivity contribution in [1.29, 1.82) is 0 Å². The molecule has 0 radical (unpaired) electrons. The largest absolute Gasteiger partial charge is 0.373 e. The molecule has 0 aromatic carbocycles. The summed E-state index contributed by atoms with van der Waals surface area (Å²) in [6, 6.07) is 3.59. The Balaban J connectivity index is 1.73. The third-order valence-corrected chi connectivity index (χ3v) is 4.41. The summed E-state index contributed by atoms with van der Waals surface area (Å²) in [6.07, 6.45) is 3.32. The minimum atomic E-state index is -0.283. The Morgan fingerprint density at radius 2 is 1.79 bits per heavy atom. The van der Waals surface area contributed by atoms with E-state index in [1.165, 1.54) is 4.90 Å². The summed E-state index contributed by atoms with van der Waals surface area (Å²) in [7, 11) is 0. The fraction of sp³-hybridized carbons (Fsp3) is 0.500. The van der Waals surface area contributed by atoms with E-state index in [4.69, 9.17) is 4.74 Å². The number of hydrogen-bond donors (Lipinski definition) is 0. The molecule has 5 heteroatoms. The highest BCUT2D eigenvalue weighted by atomic mass is 16.5. The number of amides is 2. The molecule has 98 valence electrons. The van der Waals surface area contributed by atoms with Crippen LogP contribution in [-0.4, -0.2) is 29.0 Å². The zero-order valence-electron chi connectivity index (χ0n) is 10.6. The molecule has 3 fully saturated rings. The summed E-state index contributed by atoms with van der Waals surface area (Å²) in [4.78, 5) is 30.4. The zero-order chi connectivity index (χ0) is 13.1. The monoisotopic (exact) mass is 258 g/mol. The first-order valence-electron chi connectivity index (χ1n) is 6.63. The topological polar surface area (TPSA) is 59.5 Å². The summed E-state index contributed by atoms with van der Waals surface area (Å²) in [5.74, 6) is -0.407. The molecule has 5 nitrogen and oxygen atoms in total. The Kier molecular flexibility index (Phi) is 2.12. The van der Waals surface area contributed by atoms with E-state index in [1.54, 1.807) is 12.3 Å². The standard InChI is InChI=1S/C14H14N2O3/c1-7-2-5-10(15-6-7)16-13(17)11-8-3-4-9(19-8)12(11)14(16)18/h2,5-6,8-9,11-12H,3-4H2,1H3/t8-,9+,11-,12+. The lowest BCUT2D eigenvalue weighted by Crippen LogP contribution is -2.34. The molecular weight excluding hydrogens is 244 g/mol. The van der Waals surface area contributed by atoms with E-state index in [-0.39, 0.29) is 35.9 Å². The molecule has 0 N–H and O–H groups in total. The highest BCUT2D eigenvalue weighted by Gasteiger charge is 2.62. The summed E-state index contributed by atoms with van der Waals surface area (Å²) in [6.45, 7) is 1.92. The van der Waals surface area contributed by atoms with Crippen molar-refractivity contribution < 1.29 is 14.3 Å². The van der Waals surface area contributed by atoms with Crippen molar-refractivity contribution in [2.24, 2.45) is 11.8 Å². The molecular formula is C14H14N2O3. The lowest BCUT2D eigenvalue weighted by molar-refractivity contribution is -0.124. The lowest BCUT2D eigenvalue weighted by Gasteiger charge is -2.16. The van der Waals surface area contributed by atoms with Gasteiger partial charge in [-0.05, 0) is 31.4 Å². The predicted octanol–water partition coefficient (Wildman–Crippen LogP) is 1.06. The molecule has 2 amide bonds. The van der Waals surface area contributed by atoms with Crippen LogP contribution in [0.4, 0.5) is 5.82 Å². The number of aryl methyl sites for hydroxylation is 1. The Morgan fingerprint density at radius 3 is 2.32 bits per heavy atom. The van der Waals surface area contributed by atoms with Gasteiger partial charge in [-0.15, -0.1) is 0 Å². The Morgan fingerprint density at radius 1 is 1.16 bits per heavy atom. The van der Waals surface area contributed by atoms with Crippen molar-refractivity contribution in [3.8, 4) is 0 Å². The molecule has 0 aliphatic carbocycles. The minimum Gasteiger partial charge on any atom is -0.373 e. The number of carbonyl (C=O) groups is 2. The minimum absolute atomic E-state index is 0.0677. The second kappa shape index (κ2) is 3.63. The van der Waals surface area contributed by atoms with E-state index in [1.807, 2.05) is 13.0 Å². The summed E-state index contributed by atoms with van der Waals surface area (Å²) in [5, 5.41) is 0. The normalized spacial score (nSPS) is 36.2. The predicted molar refractivity (Wildman–Crippen MR) is 66.3 cm³/mol. The molecule has 19 heavy (non-hydrogen) atoms. The fourth-order valence-corrected chi connectivity index (χ4v) is 3.53. The summed E-state index contributed by atoms with van der Waals surface area (Å²) in [5.41, 5.74) is 1.01.